The van der Waals surface area contributed by atoms with E-state index < -0.39 is 0 Å². The third-order valence-corrected chi connectivity index (χ3v) is 2.44. The maximum absolute atomic E-state index is 9.85. The zero-order chi connectivity index (χ0) is 12.0. The summed E-state index contributed by atoms with van der Waals surface area (Å²) in [5, 5.41) is 13.1. The van der Waals surface area contributed by atoms with Gasteiger partial charge in [-0.15, -0.1) is 0 Å². The molecule has 1 aromatic rings. The number of nitrogens with zero attached hydrogens (tertiary/aromatic N) is 2. The van der Waals surface area contributed by atoms with Gasteiger partial charge >= 0.3 is 0 Å². The number of aryl methyl sites for hydroxylation is 1. The lowest BCUT2D eigenvalue weighted by atomic mass is 10.3. The summed E-state index contributed by atoms with van der Waals surface area (Å²) in [6, 6.07) is 0.410. The van der Waals surface area contributed by atoms with Crippen molar-refractivity contribution in [2.75, 3.05) is 6.54 Å². The van der Waals surface area contributed by atoms with Gasteiger partial charge in [-0.25, -0.2) is 4.98 Å². The molecule has 92 valence electrons. The highest BCUT2D eigenvalue weighted by molar-refractivity contribution is 4.93. The van der Waals surface area contributed by atoms with Crippen LogP contribution in [0.25, 0.3) is 0 Å². The van der Waals surface area contributed by atoms with Crippen LogP contribution in [0, 0.1) is 0 Å². The largest absolute Gasteiger partial charge is 0.390 e. The zero-order valence-electron chi connectivity index (χ0n) is 10.5. The molecule has 1 unspecified atom stereocenters. The first-order valence-electron chi connectivity index (χ1n) is 6.05. The average molecular weight is 225 g/mol. The van der Waals surface area contributed by atoms with Crippen molar-refractivity contribution in [3.8, 4) is 0 Å². The third kappa shape index (κ3) is 4.33. The van der Waals surface area contributed by atoms with Crippen LogP contribution < -0.4 is 5.32 Å². The van der Waals surface area contributed by atoms with E-state index in [0.29, 0.717) is 19.1 Å². The van der Waals surface area contributed by atoms with Crippen LogP contribution >= 0.6 is 0 Å². The molecule has 0 spiro atoms. The number of imidazole rings is 1. The average Bonchev–Trinajstić information content (AvgIpc) is 2.63. The molecule has 0 saturated heterocycles. The number of aliphatic hydroxyl groups excluding tert-OH is 1. The predicted octanol–water partition coefficient (Wildman–Crippen LogP) is 1.19. The number of rotatable bonds is 7. The summed E-state index contributed by atoms with van der Waals surface area (Å²) >= 11 is 0. The van der Waals surface area contributed by atoms with E-state index in [9.17, 15) is 5.11 Å². The van der Waals surface area contributed by atoms with Crippen LogP contribution in [0.3, 0.4) is 0 Å². The minimum Gasteiger partial charge on any atom is -0.390 e. The Morgan fingerprint density at radius 2 is 2.25 bits per heavy atom. The molecule has 16 heavy (non-hydrogen) atoms. The van der Waals surface area contributed by atoms with E-state index in [4.69, 9.17) is 0 Å². The first-order valence-corrected chi connectivity index (χ1v) is 6.05. The molecule has 0 aliphatic heterocycles. The van der Waals surface area contributed by atoms with Gasteiger partial charge in [-0.05, 0) is 6.42 Å². The molecule has 0 bridgehead atoms. The molecule has 1 rings (SSSR count). The summed E-state index contributed by atoms with van der Waals surface area (Å²) in [5.41, 5.74) is 0. The molecule has 4 heteroatoms. The smallest absolute Gasteiger partial charge is 0.108 e. The first kappa shape index (κ1) is 13.2. The molecular weight excluding hydrogens is 202 g/mol. The molecular formula is C12H23N3O. The van der Waals surface area contributed by atoms with Crippen molar-refractivity contribution in [1.29, 1.82) is 0 Å². The molecule has 0 aromatic carbocycles. The molecule has 0 fully saturated rings. The van der Waals surface area contributed by atoms with Crippen molar-refractivity contribution in [3.05, 3.63) is 18.2 Å². The third-order valence-electron chi connectivity index (χ3n) is 2.44. The minimum atomic E-state index is -0.354. The summed E-state index contributed by atoms with van der Waals surface area (Å²) in [6.45, 7) is 7.53. The Bertz CT molecular complexity index is 296. The van der Waals surface area contributed by atoms with Crippen LogP contribution in [0.5, 0.6) is 0 Å². The summed E-state index contributed by atoms with van der Waals surface area (Å²) in [7, 11) is 0. The predicted molar refractivity (Wildman–Crippen MR) is 65.4 cm³/mol. The lowest BCUT2D eigenvalue weighted by Crippen LogP contribution is -2.34. The second kappa shape index (κ2) is 6.66. The Hall–Kier alpha value is -0.870. The fourth-order valence-corrected chi connectivity index (χ4v) is 1.62. The fourth-order valence-electron chi connectivity index (χ4n) is 1.62. The van der Waals surface area contributed by atoms with Crippen molar-refractivity contribution in [2.24, 2.45) is 0 Å². The first-order chi connectivity index (χ1) is 7.63. The molecule has 0 amide bonds. The van der Waals surface area contributed by atoms with Gasteiger partial charge in [0.1, 0.15) is 5.82 Å². The lowest BCUT2D eigenvalue weighted by Gasteiger charge is -2.15. The van der Waals surface area contributed by atoms with E-state index in [1.807, 2.05) is 10.8 Å². The molecule has 2 N–H and O–H groups in total. The van der Waals surface area contributed by atoms with E-state index in [-0.39, 0.29) is 6.10 Å². The molecule has 1 atom stereocenters. The minimum absolute atomic E-state index is 0.354. The normalized spacial score (nSPS) is 13.3. The van der Waals surface area contributed by atoms with Crippen LogP contribution in [0.2, 0.25) is 0 Å². The van der Waals surface area contributed by atoms with Gasteiger partial charge in [-0.2, -0.15) is 0 Å². The van der Waals surface area contributed by atoms with Crippen LogP contribution in [-0.4, -0.2) is 33.3 Å². The van der Waals surface area contributed by atoms with Crippen LogP contribution in [0.1, 0.15) is 33.0 Å². The van der Waals surface area contributed by atoms with Gasteiger partial charge in [0.15, 0.2) is 0 Å². The number of nitrogens with one attached hydrogen (secondary N) is 1. The maximum Gasteiger partial charge on any atom is 0.108 e. The van der Waals surface area contributed by atoms with Crippen molar-refractivity contribution in [2.45, 2.75) is 52.3 Å². The van der Waals surface area contributed by atoms with Crippen LogP contribution in [0.4, 0.5) is 0 Å². The standard InChI is InChI=1S/C12H23N3O/c1-4-5-12-13-6-7-15(12)9-11(16)8-14-10(2)3/h6-7,10-11,14,16H,4-5,8-9H2,1-3H3. The molecule has 0 aliphatic rings. The quantitative estimate of drug-likeness (QED) is 0.733. The summed E-state index contributed by atoms with van der Waals surface area (Å²) in [5.74, 6) is 1.06. The van der Waals surface area contributed by atoms with Crippen molar-refractivity contribution >= 4 is 0 Å². The molecule has 1 aromatic heterocycles. The Morgan fingerprint density at radius 1 is 1.50 bits per heavy atom. The molecule has 0 saturated carbocycles. The second-order valence-corrected chi connectivity index (χ2v) is 4.46. The van der Waals surface area contributed by atoms with Gasteiger partial charge in [0, 0.05) is 31.4 Å². The van der Waals surface area contributed by atoms with Crippen LogP contribution in [-0.2, 0) is 13.0 Å². The highest BCUT2D eigenvalue weighted by atomic mass is 16.3. The highest BCUT2D eigenvalue weighted by Gasteiger charge is 2.08. The highest BCUT2D eigenvalue weighted by Crippen LogP contribution is 2.02. The van der Waals surface area contributed by atoms with Gasteiger partial charge in [-0.1, -0.05) is 20.8 Å². The summed E-state index contributed by atoms with van der Waals surface area (Å²) < 4.78 is 2.04. The van der Waals surface area contributed by atoms with Gasteiger partial charge in [0.05, 0.1) is 12.6 Å². The Labute approximate surface area is 97.7 Å². The van der Waals surface area contributed by atoms with Crippen LogP contribution in [0.15, 0.2) is 12.4 Å². The van der Waals surface area contributed by atoms with Crippen molar-refractivity contribution in [3.63, 3.8) is 0 Å². The van der Waals surface area contributed by atoms with E-state index in [1.54, 1.807) is 6.20 Å². The van der Waals surface area contributed by atoms with Gasteiger partial charge < -0.3 is 15.0 Å². The second-order valence-electron chi connectivity index (χ2n) is 4.46. The SMILES string of the molecule is CCCc1nccn1CC(O)CNC(C)C. The Morgan fingerprint density at radius 3 is 2.88 bits per heavy atom. The van der Waals surface area contributed by atoms with Gasteiger partial charge in [0.25, 0.3) is 0 Å². The number of hydrogen-bond donors (Lipinski definition) is 2. The monoisotopic (exact) mass is 225 g/mol. The number of aromatic nitrogens is 2. The van der Waals surface area contributed by atoms with Crippen molar-refractivity contribution < 1.29 is 5.11 Å². The lowest BCUT2D eigenvalue weighted by molar-refractivity contribution is 0.147. The molecule has 0 radical (unpaired) electrons. The fraction of sp³-hybridized carbons (Fsp3) is 0.750. The Balaban J connectivity index is 2.42. The molecule has 4 nitrogen and oxygen atoms in total. The molecule has 1 heterocycles. The van der Waals surface area contributed by atoms with Crippen molar-refractivity contribution in [1.82, 2.24) is 14.9 Å². The Kier molecular flexibility index (Phi) is 5.49. The van der Waals surface area contributed by atoms with Gasteiger partial charge in [-0.3, -0.25) is 0 Å². The van der Waals surface area contributed by atoms with E-state index in [0.717, 1.165) is 18.7 Å². The zero-order valence-corrected chi connectivity index (χ0v) is 10.5. The number of aliphatic hydroxyl groups is 1. The maximum atomic E-state index is 9.85. The van der Waals surface area contributed by atoms with E-state index >= 15 is 0 Å². The summed E-state index contributed by atoms with van der Waals surface area (Å²) in [4.78, 5) is 4.29. The van der Waals surface area contributed by atoms with Gasteiger partial charge in [0.2, 0.25) is 0 Å². The van der Waals surface area contributed by atoms with E-state index in [1.165, 1.54) is 0 Å². The topological polar surface area (TPSA) is 50.1 Å². The molecule has 0 aliphatic carbocycles. The van der Waals surface area contributed by atoms with E-state index in [2.05, 4.69) is 31.1 Å². The number of hydrogen-bond acceptors (Lipinski definition) is 3. The summed E-state index contributed by atoms with van der Waals surface area (Å²) in [6.07, 6.45) is 5.43.